The van der Waals surface area contributed by atoms with Crippen LogP contribution in [0.5, 0.6) is 0 Å². The highest BCUT2D eigenvalue weighted by Crippen LogP contribution is 2.51. The number of benzene rings is 1. The number of aliphatic hydroxyl groups is 1. The van der Waals surface area contributed by atoms with Crippen LogP contribution < -0.4 is 0 Å². The predicted molar refractivity (Wildman–Crippen MR) is 69.7 cm³/mol. The van der Waals surface area contributed by atoms with Crippen LogP contribution in [-0.4, -0.2) is 10.9 Å². The van der Waals surface area contributed by atoms with Crippen LogP contribution in [0.15, 0.2) is 29.2 Å². The lowest BCUT2D eigenvalue weighted by molar-refractivity contribution is 0.199. The number of hydrogen-bond donors (Lipinski definition) is 1. The molecule has 0 aromatic heterocycles. The molecule has 0 aliphatic heterocycles. The van der Waals surface area contributed by atoms with Gasteiger partial charge in [0.2, 0.25) is 0 Å². The van der Waals surface area contributed by atoms with Crippen LogP contribution in [0.2, 0.25) is 0 Å². The SMILES string of the molecule is CC(O)c1cccc(SCC2(CC#N)CC2)c1. The molecule has 0 amide bonds. The Hall–Kier alpha value is -0.980. The molecule has 0 heterocycles. The van der Waals surface area contributed by atoms with Crippen molar-refractivity contribution in [2.24, 2.45) is 5.41 Å². The normalized spacial score (nSPS) is 18.4. The molecule has 1 fully saturated rings. The molecule has 2 nitrogen and oxygen atoms in total. The molecule has 17 heavy (non-hydrogen) atoms. The fourth-order valence-electron chi connectivity index (χ4n) is 1.82. The van der Waals surface area contributed by atoms with Gasteiger partial charge in [-0.25, -0.2) is 0 Å². The van der Waals surface area contributed by atoms with E-state index in [0.29, 0.717) is 6.42 Å². The monoisotopic (exact) mass is 247 g/mol. The number of nitriles is 1. The minimum Gasteiger partial charge on any atom is -0.389 e. The zero-order valence-corrected chi connectivity index (χ0v) is 10.8. The molecule has 3 heteroatoms. The van der Waals surface area contributed by atoms with Crippen molar-refractivity contribution >= 4 is 11.8 Å². The van der Waals surface area contributed by atoms with E-state index in [2.05, 4.69) is 12.1 Å². The van der Waals surface area contributed by atoms with Crippen LogP contribution in [0.3, 0.4) is 0 Å². The second-order valence-corrected chi connectivity index (χ2v) is 5.92. The summed E-state index contributed by atoms with van der Waals surface area (Å²) in [6, 6.07) is 10.3. The van der Waals surface area contributed by atoms with Crippen LogP contribution in [0, 0.1) is 16.7 Å². The van der Waals surface area contributed by atoms with Gasteiger partial charge in [-0.1, -0.05) is 12.1 Å². The maximum absolute atomic E-state index is 9.52. The maximum atomic E-state index is 9.52. The van der Waals surface area contributed by atoms with Crippen LogP contribution in [0.4, 0.5) is 0 Å². The quantitative estimate of drug-likeness (QED) is 0.809. The van der Waals surface area contributed by atoms with E-state index in [4.69, 9.17) is 5.26 Å². The Morgan fingerprint density at radius 2 is 2.29 bits per heavy atom. The predicted octanol–water partition coefficient (Wildman–Crippen LogP) is 3.53. The van der Waals surface area contributed by atoms with Crippen LogP contribution in [0.25, 0.3) is 0 Å². The zero-order chi connectivity index (χ0) is 12.3. The first kappa shape index (κ1) is 12.5. The summed E-state index contributed by atoms with van der Waals surface area (Å²) in [5.74, 6) is 1.02. The van der Waals surface area contributed by atoms with E-state index in [9.17, 15) is 5.11 Å². The van der Waals surface area contributed by atoms with E-state index in [-0.39, 0.29) is 5.41 Å². The van der Waals surface area contributed by atoms with E-state index in [0.717, 1.165) is 11.3 Å². The molecule has 1 saturated carbocycles. The Kier molecular flexibility index (Phi) is 3.76. The minimum atomic E-state index is -0.412. The Labute approximate surface area is 107 Å². The number of hydrogen-bond acceptors (Lipinski definition) is 3. The molecule has 1 N–H and O–H groups in total. The standard InChI is InChI=1S/C14H17NOS/c1-11(16)12-3-2-4-13(9-12)17-10-14(5-6-14)7-8-15/h2-4,9,11,16H,5-7,10H2,1H3. The van der Waals surface area contributed by atoms with Gasteiger partial charge in [-0.2, -0.15) is 5.26 Å². The first-order valence-corrected chi connectivity index (χ1v) is 6.92. The molecular weight excluding hydrogens is 230 g/mol. The number of rotatable bonds is 5. The van der Waals surface area contributed by atoms with Crippen molar-refractivity contribution < 1.29 is 5.11 Å². The number of nitrogens with zero attached hydrogens (tertiary/aromatic N) is 1. The lowest BCUT2D eigenvalue weighted by Gasteiger charge is -2.11. The number of thioether (sulfide) groups is 1. The number of aliphatic hydroxyl groups excluding tert-OH is 1. The first-order chi connectivity index (χ1) is 8.15. The molecule has 1 aliphatic carbocycles. The van der Waals surface area contributed by atoms with Crippen molar-refractivity contribution in [3.05, 3.63) is 29.8 Å². The summed E-state index contributed by atoms with van der Waals surface area (Å²) in [5.41, 5.74) is 1.24. The van der Waals surface area contributed by atoms with E-state index in [1.807, 2.05) is 18.2 Å². The van der Waals surface area contributed by atoms with Gasteiger partial charge < -0.3 is 5.11 Å². The average Bonchev–Trinajstić information content (AvgIpc) is 3.08. The fraction of sp³-hybridized carbons (Fsp3) is 0.500. The highest BCUT2D eigenvalue weighted by Gasteiger charge is 2.42. The lowest BCUT2D eigenvalue weighted by atomic mass is 10.1. The van der Waals surface area contributed by atoms with Gasteiger partial charge in [-0.15, -0.1) is 11.8 Å². The van der Waals surface area contributed by atoms with Gasteiger partial charge in [0.15, 0.2) is 0 Å². The van der Waals surface area contributed by atoms with Crippen LogP contribution in [0.1, 0.15) is 37.9 Å². The van der Waals surface area contributed by atoms with Gasteiger partial charge in [0.05, 0.1) is 12.2 Å². The third-order valence-electron chi connectivity index (χ3n) is 3.30. The molecule has 1 aliphatic rings. The smallest absolute Gasteiger partial charge is 0.0762 e. The molecule has 1 aromatic rings. The molecule has 0 radical (unpaired) electrons. The van der Waals surface area contributed by atoms with Gasteiger partial charge >= 0.3 is 0 Å². The summed E-state index contributed by atoms with van der Waals surface area (Å²) in [5, 5.41) is 18.3. The molecular formula is C14H17NOS. The summed E-state index contributed by atoms with van der Waals surface area (Å²) in [6.07, 6.45) is 2.63. The van der Waals surface area contributed by atoms with Crippen molar-refractivity contribution in [1.82, 2.24) is 0 Å². The molecule has 1 unspecified atom stereocenters. The van der Waals surface area contributed by atoms with Gasteiger partial charge in [0, 0.05) is 17.1 Å². The maximum Gasteiger partial charge on any atom is 0.0762 e. The molecule has 1 atom stereocenters. The largest absolute Gasteiger partial charge is 0.389 e. The summed E-state index contributed by atoms with van der Waals surface area (Å²) in [4.78, 5) is 1.19. The third kappa shape index (κ3) is 3.24. The Morgan fingerprint density at radius 1 is 1.53 bits per heavy atom. The average molecular weight is 247 g/mol. The Bertz CT molecular complexity index is 432. The highest BCUT2D eigenvalue weighted by atomic mass is 32.2. The van der Waals surface area contributed by atoms with E-state index >= 15 is 0 Å². The van der Waals surface area contributed by atoms with Gasteiger partial charge in [0.1, 0.15) is 0 Å². The Morgan fingerprint density at radius 3 is 2.88 bits per heavy atom. The second kappa shape index (κ2) is 5.12. The molecule has 2 rings (SSSR count). The summed E-state index contributed by atoms with van der Waals surface area (Å²) in [6.45, 7) is 1.78. The molecule has 90 valence electrons. The first-order valence-electron chi connectivity index (χ1n) is 5.93. The molecule has 0 saturated heterocycles. The van der Waals surface area contributed by atoms with E-state index in [1.165, 1.54) is 17.7 Å². The molecule has 1 aromatic carbocycles. The van der Waals surface area contributed by atoms with Gasteiger partial charge in [-0.05, 0) is 42.9 Å². The summed E-state index contributed by atoms with van der Waals surface area (Å²) in [7, 11) is 0. The van der Waals surface area contributed by atoms with Crippen molar-refractivity contribution in [3.8, 4) is 6.07 Å². The highest BCUT2D eigenvalue weighted by molar-refractivity contribution is 7.99. The van der Waals surface area contributed by atoms with Crippen LogP contribution in [-0.2, 0) is 0 Å². The fourth-order valence-corrected chi connectivity index (χ4v) is 3.08. The van der Waals surface area contributed by atoms with Gasteiger partial charge in [-0.3, -0.25) is 0 Å². The molecule has 0 spiro atoms. The van der Waals surface area contributed by atoms with Gasteiger partial charge in [0.25, 0.3) is 0 Å². The topological polar surface area (TPSA) is 44.0 Å². The van der Waals surface area contributed by atoms with Crippen molar-refractivity contribution in [2.45, 2.75) is 37.2 Å². The Balaban J connectivity index is 1.95. The summed E-state index contributed by atoms with van der Waals surface area (Å²) < 4.78 is 0. The molecule has 0 bridgehead atoms. The van der Waals surface area contributed by atoms with E-state index < -0.39 is 6.10 Å². The summed E-state index contributed by atoms with van der Waals surface area (Å²) >= 11 is 1.80. The minimum absolute atomic E-state index is 0.278. The van der Waals surface area contributed by atoms with Crippen molar-refractivity contribution in [3.63, 3.8) is 0 Å². The third-order valence-corrected chi connectivity index (χ3v) is 4.64. The van der Waals surface area contributed by atoms with Crippen LogP contribution >= 0.6 is 11.8 Å². The zero-order valence-electron chi connectivity index (χ0n) is 10.0. The second-order valence-electron chi connectivity index (χ2n) is 4.87. The lowest BCUT2D eigenvalue weighted by Crippen LogP contribution is -2.02. The van der Waals surface area contributed by atoms with E-state index in [1.54, 1.807) is 18.7 Å². The van der Waals surface area contributed by atoms with Crippen molar-refractivity contribution in [1.29, 1.82) is 5.26 Å². The van der Waals surface area contributed by atoms with Crippen molar-refractivity contribution in [2.75, 3.05) is 5.75 Å².